The lowest BCUT2D eigenvalue weighted by atomic mass is 9.88. The van der Waals surface area contributed by atoms with E-state index in [1.54, 1.807) is 6.92 Å². The van der Waals surface area contributed by atoms with Gasteiger partial charge in [0.05, 0.1) is 6.54 Å². The Balaban J connectivity index is 2.15. The van der Waals surface area contributed by atoms with Crippen LogP contribution in [0.1, 0.15) is 58.7 Å². The first-order valence-electron chi connectivity index (χ1n) is 7.05. The van der Waals surface area contributed by atoms with E-state index in [0.29, 0.717) is 24.7 Å². The van der Waals surface area contributed by atoms with Crippen LogP contribution in [-0.4, -0.2) is 38.2 Å². The summed E-state index contributed by atoms with van der Waals surface area (Å²) in [6.45, 7) is 8.97. The van der Waals surface area contributed by atoms with Crippen LogP contribution in [-0.2, 0) is 16.8 Å². The Morgan fingerprint density at radius 3 is 2.70 bits per heavy atom. The van der Waals surface area contributed by atoms with Crippen LogP contribution in [0.2, 0.25) is 0 Å². The van der Waals surface area contributed by atoms with E-state index in [1.807, 2.05) is 25.7 Å². The molecule has 0 aliphatic carbocycles. The molecule has 1 atom stereocenters. The molecule has 1 fully saturated rings. The summed E-state index contributed by atoms with van der Waals surface area (Å²) in [7, 11) is 0. The molecule has 0 bridgehead atoms. The summed E-state index contributed by atoms with van der Waals surface area (Å²) in [5, 5.41) is 13.5. The maximum absolute atomic E-state index is 11.5. The molecule has 1 saturated heterocycles. The summed E-state index contributed by atoms with van der Waals surface area (Å²) in [5.74, 6) is 0.363. The number of carboxylic acid groups (broad SMARTS) is 1. The average Bonchev–Trinajstić information content (AvgIpc) is 2.80. The zero-order chi connectivity index (χ0) is 15.0. The van der Waals surface area contributed by atoms with Gasteiger partial charge in [-0.3, -0.25) is 9.69 Å². The number of hydrogen-bond acceptors (Lipinski definition) is 5. The highest BCUT2D eigenvalue weighted by atomic mass is 16.5. The molecule has 1 unspecified atom stereocenters. The molecular weight excluding hydrogens is 258 g/mol. The largest absolute Gasteiger partial charge is 0.480 e. The van der Waals surface area contributed by atoms with Gasteiger partial charge in [-0.05, 0) is 32.7 Å². The van der Waals surface area contributed by atoms with Gasteiger partial charge in [0, 0.05) is 5.41 Å². The van der Waals surface area contributed by atoms with Crippen molar-refractivity contribution in [3.63, 3.8) is 0 Å². The molecule has 0 amide bonds. The third kappa shape index (κ3) is 2.85. The molecule has 2 heterocycles. The lowest BCUT2D eigenvalue weighted by Gasteiger charge is -2.40. The Morgan fingerprint density at radius 2 is 2.15 bits per heavy atom. The fourth-order valence-corrected chi connectivity index (χ4v) is 2.47. The van der Waals surface area contributed by atoms with Crippen molar-refractivity contribution in [1.82, 2.24) is 15.0 Å². The third-order valence-electron chi connectivity index (χ3n) is 3.94. The lowest BCUT2D eigenvalue weighted by Crippen LogP contribution is -2.54. The van der Waals surface area contributed by atoms with E-state index in [1.165, 1.54) is 0 Å². The van der Waals surface area contributed by atoms with Gasteiger partial charge in [-0.15, -0.1) is 0 Å². The van der Waals surface area contributed by atoms with E-state index < -0.39 is 11.5 Å². The number of aliphatic carboxylic acids is 1. The van der Waals surface area contributed by atoms with Crippen molar-refractivity contribution in [2.75, 3.05) is 6.54 Å². The van der Waals surface area contributed by atoms with Gasteiger partial charge in [0.15, 0.2) is 5.82 Å². The summed E-state index contributed by atoms with van der Waals surface area (Å²) in [6, 6.07) is 0. The third-order valence-corrected chi connectivity index (χ3v) is 3.94. The van der Waals surface area contributed by atoms with E-state index in [9.17, 15) is 9.90 Å². The minimum absolute atomic E-state index is 0.191. The van der Waals surface area contributed by atoms with Crippen LogP contribution in [0.15, 0.2) is 4.52 Å². The Morgan fingerprint density at radius 1 is 1.45 bits per heavy atom. The number of aromatic nitrogens is 2. The van der Waals surface area contributed by atoms with E-state index in [2.05, 4.69) is 10.1 Å². The van der Waals surface area contributed by atoms with Gasteiger partial charge >= 0.3 is 5.97 Å². The zero-order valence-corrected chi connectivity index (χ0v) is 12.6. The Labute approximate surface area is 119 Å². The molecule has 1 aromatic heterocycles. The SMILES string of the molecule is CC(C)(C)c1nc(CN2CCCCC2(C)C(=O)O)no1. The summed E-state index contributed by atoms with van der Waals surface area (Å²) < 4.78 is 5.26. The maximum Gasteiger partial charge on any atom is 0.323 e. The fourth-order valence-electron chi connectivity index (χ4n) is 2.47. The van der Waals surface area contributed by atoms with Crippen molar-refractivity contribution >= 4 is 5.97 Å². The van der Waals surface area contributed by atoms with Gasteiger partial charge in [0.25, 0.3) is 0 Å². The van der Waals surface area contributed by atoms with E-state index >= 15 is 0 Å². The molecule has 6 heteroatoms. The summed E-state index contributed by atoms with van der Waals surface area (Å²) in [6.07, 6.45) is 2.61. The van der Waals surface area contributed by atoms with Crippen molar-refractivity contribution in [3.05, 3.63) is 11.7 Å². The molecule has 1 aliphatic heterocycles. The van der Waals surface area contributed by atoms with Crippen LogP contribution < -0.4 is 0 Å². The number of hydrogen-bond donors (Lipinski definition) is 1. The smallest absolute Gasteiger partial charge is 0.323 e. The number of rotatable bonds is 3. The fraction of sp³-hybridized carbons (Fsp3) is 0.786. The van der Waals surface area contributed by atoms with E-state index in [4.69, 9.17) is 4.52 Å². The first kappa shape index (κ1) is 15.0. The topological polar surface area (TPSA) is 79.5 Å². The molecule has 2 rings (SSSR count). The minimum atomic E-state index is -0.833. The van der Waals surface area contributed by atoms with Gasteiger partial charge in [-0.25, -0.2) is 0 Å². The summed E-state index contributed by atoms with van der Waals surface area (Å²) in [4.78, 5) is 17.9. The zero-order valence-electron chi connectivity index (χ0n) is 12.6. The van der Waals surface area contributed by atoms with Crippen molar-refractivity contribution in [3.8, 4) is 0 Å². The molecule has 0 spiro atoms. The molecule has 1 N–H and O–H groups in total. The Hall–Kier alpha value is -1.43. The van der Waals surface area contributed by atoms with Crippen LogP contribution in [0.25, 0.3) is 0 Å². The van der Waals surface area contributed by atoms with Gasteiger partial charge < -0.3 is 9.63 Å². The summed E-state index contributed by atoms with van der Waals surface area (Å²) in [5.41, 5.74) is -1.02. The second kappa shape index (κ2) is 5.16. The van der Waals surface area contributed by atoms with Crippen LogP contribution in [0.5, 0.6) is 0 Å². The van der Waals surface area contributed by atoms with E-state index in [0.717, 1.165) is 19.4 Å². The summed E-state index contributed by atoms with van der Waals surface area (Å²) >= 11 is 0. The monoisotopic (exact) mass is 281 g/mol. The number of nitrogens with zero attached hydrogens (tertiary/aromatic N) is 3. The molecule has 112 valence electrons. The number of carbonyl (C=O) groups is 1. The Kier molecular flexibility index (Phi) is 3.86. The minimum Gasteiger partial charge on any atom is -0.480 e. The van der Waals surface area contributed by atoms with Crippen molar-refractivity contribution < 1.29 is 14.4 Å². The van der Waals surface area contributed by atoms with Crippen molar-refractivity contribution in [2.45, 2.75) is 64.5 Å². The van der Waals surface area contributed by atoms with Crippen LogP contribution in [0.3, 0.4) is 0 Å². The number of likely N-dealkylation sites (tertiary alicyclic amines) is 1. The maximum atomic E-state index is 11.5. The molecular formula is C14H23N3O3. The Bertz CT molecular complexity index is 492. The second-order valence-electron chi connectivity index (χ2n) is 6.72. The van der Waals surface area contributed by atoms with Crippen LogP contribution in [0.4, 0.5) is 0 Å². The second-order valence-corrected chi connectivity index (χ2v) is 6.72. The van der Waals surface area contributed by atoms with Gasteiger partial charge in [-0.1, -0.05) is 25.9 Å². The molecule has 0 aromatic carbocycles. The quantitative estimate of drug-likeness (QED) is 0.915. The molecule has 20 heavy (non-hydrogen) atoms. The number of piperidine rings is 1. The molecule has 6 nitrogen and oxygen atoms in total. The highest BCUT2D eigenvalue weighted by molar-refractivity contribution is 5.78. The average molecular weight is 281 g/mol. The normalized spacial score (nSPS) is 24.8. The van der Waals surface area contributed by atoms with E-state index in [-0.39, 0.29) is 5.41 Å². The molecule has 1 aliphatic rings. The van der Waals surface area contributed by atoms with Crippen LogP contribution in [0, 0.1) is 0 Å². The van der Waals surface area contributed by atoms with Crippen LogP contribution >= 0.6 is 0 Å². The lowest BCUT2D eigenvalue weighted by molar-refractivity contribution is -0.153. The molecule has 0 radical (unpaired) electrons. The highest BCUT2D eigenvalue weighted by Gasteiger charge is 2.41. The first-order valence-corrected chi connectivity index (χ1v) is 7.05. The van der Waals surface area contributed by atoms with Gasteiger partial charge in [0.2, 0.25) is 5.89 Å². The standard InChI is InChI=1S/C14H23N3O3/c1-13(2,3)11-15-10(16-20-11)9-17-8-6-5-7-14(17,4)12(18)19/h5-9H2,1-4H3,(H,18,19). The molecule has 1 aromatic rings. The van der Waals surface area contributed by atoms with Gasteiger partial charge in [0.1, 0.15) is 5.54 Å². The van der Waals surface area contributed by atoms with Crippen molar-refractivity contribution in [2.24, 2.45) is 0 Å². The van der Waals surface area contributed by atoms with Crippen molar-refractivity contribution in [1.29, 1.82) is 0 Å². The molecule has 0 saturated carbocycles. The number of carboxylic acids is 1. The van der Waals surface area contributed by atoms with Gasteiger partial charge in [-0.2, -0.15) is 4.98 Å². The highest BCUT2D eigenvalue weighted by Crippen LogP contribution is 2.29. The predicted molar refractivity (Wildman–Crippen MR) is 73.3 cm³/mol. The first-order chi connectivity index (χ1) is 9.23. The predicted octanol–water partition coefficient (Wildman–Crippen LogP) is 2.20.